The molecule has 1 aliphatic rings. The molecule has 1 unspecified atom stereocenters. The van der Waals surface area contributed by atoms with Gasteiger partial charge in [0.1, 0.15) is 18.0 Å². The topological polar surface area (TPSA) is 42.2 Å². The van der Waals surface area contributed by atoms with E-state index in [1.807, 2.05) is 12.1 Å². The van der Waals surface area contributed by atoms with Crippen LogP contribution in [0, 0.1) is 11.3 Å². The highest BCUT2D eigenvalue weighted by molar-refractivity contribution is 9.10. The molecule has 3 nitrogen and oxygen atoms in total. The Morgan fingerprint density at radius 1 is 1.33 bits per heavy atom. The van der Waals surface area contributed by atoms with Crippen LogP contribution in [-0.4, -0.2) is 13.2 Å². The molecule has 1 aromatic carbocycles. The number of nitrogens with zero attached hydrogens (tertiary/aromatic N) is 1. The molecule has 0 fully saturated rings. The molecule has 0 radical (unpaired) electrons. The molecule has 0 N–H and O–H groups in total. The van der Waals surface area contributed by atoms with E-state index in [0.717, 1.165) is 10.0 Å². The molecule has 5 heteroatoms. The Bertz CT molecular complexity index is 428. The van der Waals surface area contributed by atoms with E-state index in [-0.39, 0.29) is 4.83 Å². The Morgan fingerprint density at radius 2 is 2.07 bits per heavy atom. The fraction of sp³-hybridized carbons (Fsp3) is 0.300. The molecular weight excluding hydrogens is 326 g/mol. The minimum atomic E-state index is -0.329. The van der Waals surface area contributed by atoms with Crippen molar-refractivity contribution in [1.82, 2.24) is 0 Å². The maximum Gasteiger partial charge on any atom is 0.175 e. The monoisotopic (exact) mass is 331 g/mol. The summed E-state index contributed by atoms with van der Waals surface area (Å²) in [5.41, 5.74) is 0.855. The number of hydrogen-bond acceptors (Lipinski definition) is 3. The van der Waals surface area contributed by atoms with Crippen LogP contribution < -0.4 is 9.47 Å². The third-order valence-corrected chi connectivity index (χ3v) is 3.35. The van der Waals surface area contributed by atoms with Crippen molar-refractivity contribution in [3.63, 3.8) is 0 Å². The van der Waals surface area contributed by atoms with Gasteiger partial charge in [-0.1, -0.05) is 15.9 Å². The van der Waals surface area contributed by atoms with E-state index in [1.165, 1.54) is 0 Å². The molecule has 1 aliphatic heterocycles. The number of nitriles is 1. The molecule has 0 amide bonds. The van der Waals surface area contributed by atoms with Crippen LogP contribution in [0.1, 0.15) is 10.4 Å². The smallest absolute Gasteiger partial charge is 0.175 e. The van der Waals surface area contributed by atoms with Gasteiger partial charge in [-0.25, -0.2) is 0 Å². The summed E-state index contributed by atoms with van der Waals surface area (Å²) < 4.78 is 11.7. The molecule has 0 aromatic heterocycles. The number of benzene rings is 1. The first kappa shape index (κ1) is 10.8. The van der Waals surface area contributed by atoms with Crippen LogP contribution in [0.15, 0.2) is 16.6 Å². The van der Waals surface area contributed by atoms with E-state index in [9.17, 15) is 0 Å². The molecular formula is C10H7Br2NO2. The van der Waals surface area contributed by atoms with E-state index in [4.69, 9.17) is 14.7 Å². The molecule has 0 aliphatic carbocycles. The standard InChI is InChI=1S/C10H7Br2NO2/c11-7-3-6(8(12)5-13)4-9-10(7)15-2-1-14-9/h3-4,8H,1-2H2. The largest absolute Gasteiger partial charge is 0.486 e. The fourth-order valence-corrected chi connectivity index (χ4v) is 2.19. The van der Waals surface area contributed by atoms with Gasteiger partial charge in [-0.05, 0) is 33.6 Å². The van der Waals surface area contributed by atoms with Crippen LogP contribution in [-0.2, 0) is 0 Å². The van der Waals surface area contributed by atoms with Crippen molar-refractivity contribution in [3.05, 3.63) is 22.2 Å². The Labute approximate surface area is 104 Å². The minimum Gasteiger partial charge on any atom is -0.486 e. The van der Waals surface area contributed by atoms with Crippen LogP contribution in [0.3, 0.4) is 0 Å². The van der Waals surface area contributed by atoms with Crippen molar-refractivity contribution < 1.29 is 9.47 Å². The molecule has 0 saturated carbocycles. The molecule has 0 saturated heterocycles. The lowest BCUT2D eigenvalue weighted by atomic mass is 10.1. The number of alkyl halides is 1. The van der Waals surface area contributed by atoms with Crippen molar-refractivity contribution in [2.45, 2.75) is 4.83 Å². The number of fused-ring (bicyclic) bond motifs is 1. The summed E-state index contributed by atoms with van der Waals surface area (Å²) in [4.78, 5) is -0.329. The zero-order valence-corrected chi connectivity index (χ0v) is 10.8. The Hall–Kier alpha value is -0.730. The maximum atomic E-state index is 8.80. The van der Waals surface area contributed by atoms with Gasteiger partial charge in [-0.15, -0.1) is 0 Å². The van der Waals surface area contributed by atoms with Crippen molar-refractivity contribution in [2.24, 2.45) is 0 Å². The summed E-state index contributed by atoms with van der Waals surface area (Å²) in [6, 6.07) is 5.79. The zero-order valence-electron chi connectivity index (χ0n) is 7.67. The van der Waals surface area contributed by atoms with Crippen molar-refractivity contribution in [2.75, 3.05) is 13.2 Å². The second-order valence-corrected chi connectivity index (χ2v) is 4.79. The first-order valence-corrected chi connectivity index (χ1v) is 6.06. The summed E-state index contributed by atoms with van der Waals surface area (Å²) in [7, 11) is 0. The number of halogens is 2. The van der Waals surface area contributed by atoms with Crippen LogP contribution in [0.5, 0.6) is 11.5 Å². The predicted octanol–water partition coefficient (Wildman–Crippen LogP) is 3.18. The van der Waals surface area contributed by atoms with Crippen LogP contribution >= 0.6 is 31.9 Å². The Balaban J connectivity index is 2.46. The van der Waals surface area contributed by atoms with Crippen LogP contribution in [0.2, 0.25) is 0 Å². The average Bonchev–Trinajstić information content (AvgIpc) is 2.28. The zero-order chi connectivity index (χ0) is 10.8. The Kier molecular flexibility index (Phi) is 3.17. The van der Waals surface area contributed by atoms with Gasteiger partial charge in [0.25, 0.3) is 0 Å². The molecule has 0 bridgehead atoms. The molecule has 0 spiro atoms. The molecule has 1 heterocycles. The minimum absolute atomic E-state index is 0.329. The highest BCUT2D eigenvalue weighted by Gasteiger charge is 2.18. The van der Waals surface area contributed by atoms with E-state index >= 15 is 0 Å². The highest BCUT2D eigenvalue weighted by Crippen LogP contribution is 2.40. The lowest BCUT2D eigenvalue weighted by molar-refractivity contribution is 0.170. The normalized spacial score (nSPS) is 15.5. The summed E-state index contributed by atoms with van der Waals surface area (Å²) in [5, 5.41) is 8.80. The molecule has 2 rings (SSSR count). The van der Waals surface area contributed by atoms with Gasteiger partial charge in [0.2, 0.25) is 0 Å². The van der Waals surface area contributed by atoms with E-state index < -0.39 is 0 Å². The third kappa shape index (κ3) is 2.11. The van der Waals surface area contributed by atoms with Gasteiger partial charge in [0, 0.05) is 0 Å². The summed E-state index contributed by atoms with van der Waals surface area (Å²) in [6.07, 6.45) is 0. The second kappa shape index (κ2) is 4.42. The second-order valence-electron chi connectivity index (χ2n) is 3.02. The first-order chi connectivity index (χ1) is 7.22. The SMILES string of the molecule is N#CC(Br)c1cc(Br)c2c(c1)OCCO2. The van der Waals surface area contributed by atoms with E-state index in [2.05, 4.69) is 37.9 Å². The van der Waals surface area contributed by atoms with Crippen molar-refractivity contribution in [1.29, 1.82) is 5.26 Å². The van der Waals surface area contributed by atoms with Gasteiger partial charge in [0.15, 0.2) is 11.5 Å². The molecule has 15 heavy (non-hydrogen) atoms. The number of ether oxygens (including phenoxy) is 2. The van der Waals surface area contributed by atoms with Crippen LogP contribution in [0.4, 0.5) is 0 Å². The van der Waals surface area contributed by atoms with E-state index in [0.29, 0.717) is 24.7 Å². The van der Waals surface area contributed by atoms with Gasteiger partial charge in [-0.2, -0.15) is 5.26 Å². The Morgan fingerprint density at radius 3 is 2.80 bits per heavy atom. The number of rotatable bonds is 1. The summed E-state index contributed by atoms with van der Waals surface area (Å²) >= 11 is 6.66. The quantitative estimate of drug-likeness (QED) is 0.742. The fourth-order valence-electron chi connectivity index (χ4n) is 1.35. The lowest BCUT2D eigenvalue weighted by Gasteiger charge is -2.20. The highest BCUT2D eigenvalue weighted by atomic mass is 79.9. The first-order valence-electron chi connectivity index (χ1n) is 4.35. The summed E-state index contributed by atoms with van der Waals surface area (Å²) in [5.74, 6) is 1.40. The lowest BCUT2D eigenvalue weighted by Crippen LogP contribution is -2.16. The maximum absolute atomic E-state index is 8.80. The molecule has 1 aromatic rings. The van der Waals surface area contributed by atoms with Gasteiger partial charge in [-0.3, -0.25) is 0 Å². The summed E-state index contributed by atoms with van der Waals surface area (Å²) in [6.45, 7) is 1.10. The predicted molar refractivity (Wildman–Crippen MR) is 62.4 cm³/mol. The number of hydrogen-bond donors (Lipinski definition) is 0. The van der Waals surface area contributed by atoms with Gasteiger partial charge < -0.3 is 9.47 Å². The van der Waals surface area contributed by atoms with Gasteiger partial charge >= 0.3 is 0 Å². The molecule has 78 valence electrons. The van der Waals surface area contributed by atoms with E-state index in [1.54, 1.807) is 0 Å². The van der Waals surface area contributed by atoms with Crippen LogP contribution in [0.25, 0.3) is 0 Å². The van der Waals surface area contributed by atoms with Crippen molar-refractivity contribution in [3.8, 4) is 17.6 Å². The van der Waals surface area contributed by atoms with Crippen molar-refractivity contribution >= 4 is 31.9 Å². The third-order valence-electron chi connectivity index (χ3n) is 2.03. The molecule has 1 atom stereocenters. The average molecular weight is 333 g/mol. The van der Waals surface area contributed by atoms with Gasteiger partial charge in [0.05, 0.1) is 10.5 Å².